The molecule has 2 aromatic carbocycles. The SMILES string of the molecule is O=S(=O)(c1ccc(N2CCN(S(=O)(=O)c3cccc(F)c3)CC2)cc1)C(F)F. The Morgan fingerprint density at radius 3 is 1.96 bits per heavy atom. The second kappa shape index (κ2) is 7.72. The van der Waals surface area contributed by atoms with Gasteiger partial charge in [-0.3, -0.25) is 0 Å². The van der Waals surface area contributed by atoms with Crippen molar-refractivity contribution < 1.29 is 30.0 Å². The van der Waals surface area contributed by atoms with Gasteiger partial charge in [-0.05, 0) is 42.5 Å². The number of hydrogen-bond acceptors (Lipinski definition) is 5. The lowest BCUT2D eigenvalue weighted by Crippen LogP contribution is -2.48. The molecule has 6 nitrogen and oxygen atoms in total. The lowest BCUT2D eigenvalue weighted by atomic mass is 10.2. The van der Waals surface area contributed by atoms with Crippen molar-refractivity contribution in [1.82, 2.24) is 4.31 Å². The van der Waals surface area contributed by atoms with Crippen LogP contribution in [-0.2, 0) is 19.9 Å². The van der Waals surface area contributed by atoms with Crippen molar-refractivity contribution in [3.63, 3.8) is 0 Å². The number of benzene rings is 2. The van der Waals surface area contributed by atoms with Gasteiger partial charge < -0.3 is 4.90 Å². The molecule has 1 saturated heterocycles. The summed E-state index contributed by atoms with van der Waals surface area (Å²) in [5.74, 6) is -4.13. The Kier molecular flexibility index (Phi) is 5.69. The summed E-state index contributed by atoms with van der Waals surface area (Å²) in [4.78, 5) is 1.22. The summed E-state index contributed by atoms with van der Waals surface area (Å²) in [5, 5.41) is 0. The fraction of sp³-hybridized carbons (Fsp3) is 0.294. The van der Waals surface area contributed by atoms with E-state index in [2.05, 4.69) is 0 Å². The summed E-state index contributed by atoms with van der Waals surface area (Å²) in [5.41, 5.74) is 0.594. The highest BCUT2D eigenvalue weighted by Gasteiger charge is 2.30. The minimum Gasteiger partial charge on any atom is -0.369 e. The van der Waals surface area contributed by atoms with Crippen LogP contribution in [0.1, 0.15) is 0 Å². The molecule has 0 spiro atoms. The number of piperazine rings is 1. The molecule has 0 N–H and O–H groups in total. The molecule has 152 valence electrons. The molecule has 0 amide bonds. The molecule has 0 unspecified atom stereocenters. The molecule has 0 aliphatic carbocycles. The van der Waals surface area contributed by atoms with Gasteiger partial charge in [0.15, 0.2) is 0 Å². The van der Waals surface area contributed by atoms with Crippen LogP contribution in [0.3, 0.4) is 0 Å². The summed E-state index contributed by atoms with van der Waals surface area (Å²) in [7, 11) is -8.48. The Morgan fingerprint density at radius 1 is 0.821 bits per heavy atom. The van der Waals surface area contributed by atoms with Gasteiger partial charge in [-0.1, -0.05) is 6.07 Å². The van der Waals surface area contributed by atoms with E-state index in [1.165, 1.54) is 28.6 Å². The lowest BCUT2D eigenvalue weighted by molar-refractivity contribution is 0.234. The summed E-state index contributed by atoms with van der Waals surface area (Å²) in [6.45, 7) is 0.927. The zero-order valence-corrected chi connectivity index (χ0v) is 16.1. The van der Waals surface area contributed by atoms with Gasteiger partial charge in [-0.2, -0.15) is 13.1 Å². The van der Waals surface area contributed by atoms with Crippen molar-refractivity contribution in [1.29, 1.82) is 0 Å². The second-order valence-corrected chi connectivity index (χ2v) is 10.0. The van der Waals surface area contributed by atoms with E-state index in [9.17, 15) is 30.0 Å². The van der Waals surface area contributed by atoms with Crippen LogP contribution in [0.25, 0.3) is 0 Å². The van der Waals surface area contributed by atoms with Crippen molar-refractivity contribution in [3.8, 4) is 0 Å². The number of rotatable bonds is 5. The maximum absolute atomic E-state index is 13.3. The number of sulfonamides is 1. The smallest absolute Gasteiger partial charge is 0.341 e. The minimum absolute atomic E-state index is 0.123. The molecule has 3 rings (SSSR count). The first-order valence-electron chi connectivity index (χ1n) is 8.25. The average Bonchev–Trinajstić information content (AvgIpc) is 2.68. The Morgan fingerprint density at radius 2 is 1.43 bits per heavy atom. The predicted octanol–water partition coefficient (Wildman–Crippen LogP) is 2.33. The van der Waals surface area contributed by atoms with Crippen LogP contribution in [0, 0.1) is 5.82 Å². The van der Waals surface area contributed by atoms with Gasteiger partial charge in [0.2, 0.25) is 19.9 Å². The third-order valence-corrected chi connectivity index (χ3v) is 7.73. The normalized spacial score (nSPS) is 16.5. The van der Waals surface area contributed by atoms with Gasteiger partial charge >= 0.3 is 5.76 Å². The molecule has 0 saturated carbocycles. The van der Waals surface area contributed by atoms with E-state index in [4.69, 9.17) is 0 Å². The van der Waals surface area contributed by atoms with Crippen LogP contribution >= 0.6 is 0 Å². The van der Waals surface area contributed by atoms with Crippen LogP contribution in [0.2, 0.25) is 0 Å². The van der Waals surface area contributed by atoms with Crippen LogP contribution < -0.4 is 4.90 Å². The highest BCUT2D eigenvalue weighted by atomic mass is 32.2. The second-order valence-electron chi connectivity index (χ2n) is 6.15. The molecule has 0 atom stereocenters. The van der Waals surface area contributed by atoms with Gasteiger partial charge in [0.1, 0.15) is 5.82 Å². The number of anilines is 1. The molecule has 1 aliphatic heterocycles. The number of sulfone groups is 1. The Labute approximate surface area is 161 Å². The number of alkyl halides is 2. The molecule has 0 radical (unpaired) electrons. The fourth-order valence-electron chi connectivity index (χ4n) is 2.91. The molecule has 0 aromatic heterocycles. The lowest BCUT2D eigenvalue weighted by Gasteiger charge is -2.35. The van der Waals surface area contributed by atoms with Crippen molar-refractivity contribution in [3.05, 3.63) is 54.3 Å². The van der Waals surface area contributed by atoms with E-state index in [1.807, 2.05) is 4.90 Å². The van der Waals surface area contributed by atoms with Gasteiger partial charge in [0.05, 0.1) is 9.79 Å². The van der Waals surface area contributed by atoms with E-state index in [0.29, 0.717) is 18.8 Å². The largest absolute Gasteiger partial charge is 0.369 e. The maximum atomic E-state index is 13.3. The quantitative estimate of drug-likeness (QED) is 0.722. The fourth-order valence-corrected chi connectivity index (χ4v) is 5.09. The van der Waals surface area contributed by atoms with Crippen LogP contribution in [-0.4, -0.2) is 53.1 Å². The molecule has 2 aromatic rings. The third kappa shape index (κ3) is 4.01. The van der Waals surface area contributed by atoms with Crippen LogP contribution in [0.15, 0.2) is 58.3 Å². The van der Waals surface area contributed by atoms with Crippen LogP contribution in [0.5, 0.6) is 0 Å². The van der Waals surface area contributed by atoms with E-state index >= 15 is 0 Å². The topological polar surface area (TPSA) is 74.8 Å². The summed E-state index contributed by atoms with van der Waals surface area (Å²) >= 11 is 0. The monoisotopic (exact) mass is 434 g/mol. The molecule has 1 aliphatic rings. The number of halogens is 3. The molecular weight excluding hydrogens is 417 g/mol. The van der Waals surface area contributed by atoms with Gasteiger partial charge in [0.25, 0.3) is 0 Å². The molecule has 11 heteroatoms. The summed E-state index contributed by atoms with van der Waals surface area (Å²) in [6, 6.07) is 9.80. The van der Waals surface area contributed by atoms with E-state index in [0.717, 1.165) is 24.3 Å². The zero-order chi connectivity index (χ0) is 20.5. The highest BCUT2D eigenvalue weighted by Crippen LogP contribution is 2.24. The number of nitrogens with zero attached hydrogens (tertiary/aromatic N) is 2. The minimum atomic E-state index is -4.66. The number of hydrogen-bond donors (Lipinski definition) is 0. The van der Waals surface area contributed by atoms with Crippen LogP contribution in [0.4, 0.5) is 18.9 Å². The van der Waals surface area contributed by atoms with Crippen molar-refractivity contribution in [2.24, 2.45) is 0 Å². The Bertz CT molecular complexity index is 1050. The molecule has 28 heavy (non-hydrogen) atoms. The van der Waals surface area contributed by atoms with E-state index in [-0.39, 0.29) is 18.0 Å². The van der Waals surface area contributed by atoms with Crippen molar-refractivity contribution in [2.75, 3.05) is 31.1 Å². The molecule has 0 bridgehead atoms. The maximum Gasteiger partial charge on any atom is 0.341 e. The first kappa shape index (κ1) is 20.6. The van der Waals surface area contributed by atoms with Crippen molar-refractivity contribution >= 4 is 25.5 Å². The van der Waals surface area contributed by atoms with Gasteiger partial charge in [-0.15, -0.1) is 0 Å². The van der Waals surface area contributed by atoms with Gasteiger partial charge in [0, 0.05) is 31.9 Å². The Hall–Kier alpha value is -2.11. The highest BCUT2D eigenvalue weighted by molar-refractivity contribution is 7.91. The van der Waals surface area contributed by atoms with Crippen molar-refractivity contribution in [2.45, 2.75) is 15.5 Å². The standard InChI is InChI=1S/C17H17F3N2O4S2/c18-13-2-1-3-16(12-13)28(25,26)22-10-8-21(9-11-22)14-4-6-15(7-5-14)27(23,24)17(19)20/h1-7,12,17H,8-11H2. The average molecular weight is 434 g/mol. The molecule has 1 fully saturated rings. The molecular formula is C17H17F3N2O4S2. The summed E-state index contributed by atoms with van der Waals surface area (Å²) < 4.78 is 87.9. The first-order chi connectivity index (χ1) is 13.1. The Balaban J connectivity index is 1.70. The first-order valence-corrected chi connectivity index (χ1v) is 11.2. The predicted molar refractivity (Wildman–Crippen MR) is 97.0 cm³/mol. The van der Waals surface area contributed by atoms with Gasteiger partial charge in [-0.25, -0.2) is 21.2 Å². The zero-order valence-electron chi connectivity index (χ0n) is 14.5. The van der Waals surface area contributed by atoms with E-state index in [1.54, 1.807) is 0 Å². The third-order valence-electron chi connectivity index (χ3n) is 4.44. The molecule has 1 heterocycles. The van der Waals surface area contributed by atoms with E-state index < -0.39 is 36.3 Å². The summed E-state index contributed by atoms with van der Waals surface area (Å²) in [6.07, 6.45) is 0.